The van der Waals surface area contributed by atoms with Gasteiger partial charge in [0.25, 0.3) is 0 Å². The molecule has 0 bridgehead atoms. The van der Waals surface area contributed by atoms with E-state index in [-0.39, 0.29) is 0 Å². The predicted octanol–water partition coefficient (Wildman–Crippen LogP) is 2.12. The molecule has 0 amide bonds. The van der Waals surface area contributed by atoms with Crippen molar-refractivity contribution in [3.63, 3.8) is 0 Å². The van der Waals surface area contributed by atoms with E-state index in [2.05, 4.69) is 34.5 Å². The highest BCUT2D eigenvalue weighted by Gasteiger charge is 2.09. The molecule has 0 unspecified atom stereocenters. The van der Waals surface area contributed by atoms with Crippen LogP contribution >= 0.6 is 11.3 Å². The SMILES string of the molecule is Cc1cc(Oc2nnc(CNCC(C)C)s2)n(C)n1. The van der Waals surface area contributed by atoms with Gasteiger partial charge in [-0.1, -0.05) is 30.3 Å². The minimum Gasteiger partial charge on any atom is -0.411 e. The average molecular weight is 281 g/mol. The third-order valence-corrected chi connectivity index (χ3v) is 3.23. The number of hydrogen-bond donors (Lipinski definition) is 1. The smallest absolute Gasteiger partial charge is 0.300 e. The van der Waals surface area contributed by atoms with Crippen molar-refractivity contribution in [2.45, 2.75) is 27.3 Å². The third-order valence-electron chi connectivity index (χ3n) is 2.43. The molecule has 2 aromatic rings. The maximum Gasteiger partial charge on any atom is 0.300 e. The molecule has 2 aromatic heterocycles. The van der Waals surface area contributed by atoms with Crippen LogP contribution in [0.1, 0.15) is 24.5 Å². The molecular formula is C12H19N5OS. The van der Waals surface area contributed by atoms with Crippen LogP contribution in [0, 0.1) is 12.8 Å². The van der Waals surface area contributed by atoms with E-state index in [4.69, 9.17) is 4.74 Å². The van der Waals surface area contributed by atoms with Gasteiger partial charge in [0.2, 0.25) is 5.88 Å². The Morgan fingerprint density at radius 3 is 2.84 bits per heavy atom. The van der Waals surface area contributed by atoms with Crippen molar-refractivity contribution in [1.82, 2.24) is 25.3 Å². The standard InChI is InChI=1S/C12H19N5OS/c1-8(2)6-13-7-10-14-15-12(19-10)18-11-5-9(3)16-17(11)4/h5,8,13H,6-7H2,1-4H3. The summed E-state index contributed by atoms with van der Waals surface area (Å²) in [5.41, 5.74) is 0.917. The second-order valence-corrected chi connectivity index (χ2v) is 5.86. The van der Waals surface area contributed by atoms with Gasteiger partial charge in [-0.15, -0.1) is 5.10 Å². The summed E-state index contributed by atoms with van der Waals surface area (Å²) in [5, 5.41) is 17.1. The van der Waals surface area contributed by atoms with E-state index in [0.29, 0.717) is 17.0 Å². The van der Waals surface area contributed by atoms with E-state index in [0.717, 1.165) is 23.8 Å². The number of nitrogens with zero attached hydrogens (tertiary/aromatic N) is 4. The molecule has 6 nitrogen and oxygen atoms in total. The van der Waals surface area contributed by atoms with Gasteiger partial charge in [0.15, 0.2) is 0 Å². The number of rotatable bonds is 6. The van der Waals surface area contributed by atoms with Crippen molar-refractivity contribution < 1.29 is 4.74 Å². The Labute approximate surface area is 116 Å². The molecule has 19 heavy (non-hydrogen) atoms. The Bertz CT molecular complexity index is 534. The van der Waals surface area contributed by atoms with Crippen molar-refractivity contribution in [3.8, 4) is 11.1 Å². The first-order valence-corrected chi connectivity index (χ1v) is 7.08. The van der Waals surface area contributed by atoms with E-state index < -0.39 is 0 Å². The molecule has 104 valence electrons. The normalized spacial score (nSPS) is 11.2. The van der Waals surface area contributed by atoms with Crippen LogP contribution in [-0.4, -0.2) is 26.5 Å². The lowest BCUT2D eigenvalue weighted by Gasteiger charge is -2.03. The molecule has 1 N–H and O–H groups in total. The van der Waals surface area contributed by atoms with Crippen LogP contribution in [0.4, 0.5) is 0 Å². The molecule has 0 spiro atoms. The van der Waals surface area contributed by atoms with Gasteiger partial charge in [0, 0.05) is 19.7 Å². The highest BCUT2D eigenvalue weighted by Crippen LogP contribution is 2.24. The van der Waals surface area contributed by atoms with Crippen molar-refractivity contribution in [2.75, 3.05) is 6.54 Å². The number of ether oxygens (including phenoxy) is 1. The highest BCUT2D eigenvalue weighted by molar-refractivity contribution is 7.13. The van der Waals surface area contributed by atoms with Crippen molar-refractivity contribution in [2.24, 2.45) is 13.0 Å². The Morgan fingerprint density at radius 2 is 2.21 bits per heavy atom. The summed E-state index contributed by atoms with van der Waals surface area (Å²) < 4.78 is 7.34. The summed E-state index contributed by atoms with van der Waals surface area (Å²) in [7, 11) is 1.84. The van der Waals surface area contributed by atoms with Crippen LogP contribution in [-0.2, 0) is 13.6 Å². The lowest BCUT2D eigenvalue weighted by molar-refractivity contribution is 0.424. The van der Waals surface area contributed by atoms with Crippen LogP contribution in [0.15, 0.2) is 6.07 Å². The molecule has 0 fully saturated rings. The molecule has 0 aromatic carbocycles. The molecular weight excluding hydrogens is 262 g/mol. The zero-order valence-corrected chi connectivity index (χ0v) is 12.5. The molecule has 0 aliphatic carbocycles. The van der Waals surface area contributed by atoms with Gasteiger partial charge in [-0.05, 0) is 19.4 Å². The lowest BCUT2D eigenvalue weighted by atomic mass is 10.2. The molecule has 2 heterocycles. The van der Waals surface area contributed by atoms with Crippen molar-refractivity contribution in [3.05, 3.63) is 16.8 Å². The Hall–Kier alpha value is -1.47. The van der Waals surface area contributed by atoms with E-state index in [9.17, 15) is 0 Å². The van der Waals surface area contributed by atoms with Crippen LogP contribution in [0.5, 0.6) is 11.1 Å². The Kier molecular flexibility index (Phi) is 4.49. The van der Waals surface area contributed by atoms with E-state index >= 15 is 0 Å². The van der Waals surface area contributed by atoms with Crippen LogP contribution in [0.2, 0.25) is 0 Å². The van der Waals surface area contributed by atoms with Crippen LogP contribution in [0.25, 0.3) is 0 Å². The van der Waals surface area contributed by atoms with Gasteiger partial charge in [0.05, 0.1) is 5.69 Å². The summed E-state index contributed by atoms with van der Waals surface area (Å²) in [6.45, 7) is 7.97. The first-order chi connectivity index (χ1) is 9.04. The summed E-state index contributed by atoms with van der Waals surface area (Å²) in [5.74, 6) is 1.30. The largest absolute Gasteiger partial charge is 0.411 e. The molecule has 0 saturated carbocycles. The van der Waals surface area contributed by atoms with Gasteiger partial charge in [-0.3, -0.25) is 0 Å². The maximum atomic E-state index is 5.66. The van der Waals surface area contributed by atoms with Gasteiger partial charge in [0.1, 0.15) is 5.01 Å². The summed E-state index contributed by atoms with van der Waals surface area (Å²) in [6.07, 6.45) is 0. The third kappa shape index (κ3) is 4.00. The first kappa shape index (κ1) is 14.0. The summed E-state index contributed by atoms with van der Waals surface area (Å²) in [4.78, 5) is 0. The fraction of sp³-hybridized carbons (Fsp3) is 0.583. The Morgan fingerprint density at radius 1 is 1.42 bits per heavy atom. The second kappa shape index (κ2) is 6.12. The lowest BCUT2D eigenvalue weighted by Crippen LogP contribution is -2.18. The minimum atomic E-state index is 0.546. The van der Waals surface area contributed by atoms with Crippen LogP contribution in [0.3, 0.4) is 0 Å². The van der Waals surface area contributed by atoms with E-state index in [1.165, 1.54) is 11.3 Å². The fourth-order valence-corrected chi connectivity index (χ4v) is 2.26. The average Bonchev–Trinajstić information content (AvgIpc) is 2.87. The number of nitrogens with one attached hydrogen (secondary N) is 1. The summed E-state index contributed by atoms with van der Waals surface area (Å²) in [6, 6.07) is 1.87. The topological polar surface area (TPSA) is 64.9 Å². The number of hydrogen-bond acceptors (Lipinski definition) is 6. The second-order valence-electron chi connectivity index (χ2n) is 4.84. The van der Waals surface area contributed by atoms with E-state index in [1.807, 2.05) is 20.0 Å². The predicted molar refractivity (Wildman–Crippen MR) is 74.5 cm³/mol. The first-order valence-electron chi connectivity index (χ1n) is 6.26. The zero-order chi connectivity index (χ0) is 13.8. The van der Waals surface area contributed by atoms with Crippen LogP contribution < -0.4 is 10.1 Å². The highest BCUT2D eigenvalue weighted by atomic mass is 32.1. The maximum absolute atomic E-state index is 5.66. The molecule has 2 rings (SSSR count). The van der Waals surface area contributed by atoms with Crippen molar-refractivity contribution in [1.29, 1.82) is 0 Å². The van der Waals surface area contributed by atoms with E-state index in [1.54, 1.807) is 4.68 Å². The van der Waals surface area contributed by atoms with Crippen molar-refractivity contribution >= 4 is 11.3 Å². The summed E-state index contributed by atoms with van der Waals surface area (Å²) >= 11 is 1.45. The van der Waals surface area contributed by atoms with Gasteiger partial charge >= 0.3 is 5.19 Å². The van der Waals surface area contributed by atoms with Gasteiger partial charge < -0.3 is 10.1 Å². The minimum absolute atomic E-state index is 0.546. The molecule has 7 heteroatoms. The zero-order valence-electron chi connectivity index (χ0n) is 11.7. The number of aryl methyl sites for hydroxylation is 2. The quantitative estimate of drug-likeness (QED) is 0.878. The molecule has 0 atom stereocenters. The Balaban J connectivity index is 1.92. The monoisotopic (exact) mass is 281 g/mol. The molecule has 0 saturated heterocycles. The molecule has 0 radical (unpaired) electrons. The van der Waals surface area contributed by atoms with Gasteiger partial charge in [-0.2, -0.15) is 5.10 Å². The van der Waals surface area contributed by atoms with Gasteiger partial charge in [-0.25, -0.2) is 4.68 Å². The fourth-order valence-electron chi connectivity index (χ4n) is 1.59. The molecule has 0 aliphatic heterocycles. The number of aromatic nitrogens is 4. The molecule has 0 aliphatic rings.